The van der Waals surface area contributed by atoms with Crippen LogP contribution in [0, 0.1) is 13.8 Å². The zero-order valence-corrected chi connectivity index (χ0v) is 14.9. The highest BCUT2D eigenvalue weighted by atomic mass is 16.1. The summed E-state index contributed by atoms with van der Waals surface area (Å²) >= 11 is 0. The number of anilines is 1. The molecule has 0 atom stereocenters. The minimum Gasteiger partial charge on any atom is -0.354 e. The first-order chi connectivity index (χ1) is 10.8. The highest BCUT2D eigenvalue weighted by Gasteiger charge is 2.10. The van der Waals surface area contributed by atoms with Crippen LogP contribution in [0.25, 0.3) is 0 Å². The maximum absolute atomic E-state index is 11.5. The summed E-state index contributed by atoms with van der Waals surface area (Å²) in [6.07, 6.45) is 3.59. The molecule has 0 saturated heterocycles. The largest absolute Gasteiger partial charge is 0.354 e. The summed E-state index contributed by atoms with van der Waals surface area (Å²) in [5, 5.41) is 3.41. The van der Waals surface area contributed by atoms with Crippen LogP contribution in [0.15, 0.2) is 58.9 Å². The van der Waals surface area contributed by atoms with Gasteiger partial charge in [-0.05, 0) is 57.9 Å². The summed E-state index contributed by atoms with van der Waals surface area (Å²) in [6, 6.07) is 6.24. The van der Waals surface area contributed by atoms with Crippen molar-refractivity contribution in [3.05, 3.63) is 65.0 Å². The maximum Gasteiger partial charge on any atom is 0.173 e. The Morgan fingerprint density at radius 2 is 1.83 bits per heavy atom. The number of hydrogen-bond acceptors (Lipinski definition) is 3. The van der Waals surface area contributed by atoms with Crippen molar-refractivity contribution in [2.75, 3.05) is 5.32 Å². The molecule has 0 aliphatic heterocycles. The molecule has 3 heteroatoms. The van der Waals surface area contributed by atoms with Crippen molar-refractivity contribution >= 4 is 17.2 Å². The van der Waals surface area contributed by atoms with E-state index in [4.69, 9.17) is 0 Å². The number of nitrogens with zero attached hydrogens (tertiary/aromatic N) is 1. The van der Waals surface area contributed by atoms with Crippen LogP contribution in [0.2, 0.25) is 0 Å². The third-order valence-electron chi connectivity index (χ3n) is 3.45. The van der Waals surface area contributed by atoms with Gasteiger partial charge in [0.05, 0.1) is 17.1 Å². The standard InChI is InChI=1S/C20H26N2O/c1-8-9-19(20(13(2)3)21-16(6)17(7)23)22-18-11-10-14(4)12-15(18)5/h8-12,22H,1H2,2-7H3/b19-9+,21-16+. The fourth-order valence-electron chi connectivity index (χ4n) is 2.08. The molecule has 23 heavy (non-hydrogen) atoms. The van der Waals surface area contributed by atoms with E-state index in [0.29, 0.717) is 5.71 Å². The number of aliphatic imine (C=N–C) groups is 1. The molecule has 0 bridgehead atoms. The molecule has 0 spiro atoms. The predicted molar refractivity (Wildman–Crippen MR) is 100.0 cm³/mol. The zero-order valence-electron chi connectivity index (χ0n) is 14.9. The Morgan fingerprint density at radius 3 is 2.30 bits per heavy atom. The SMILES string of the molecule is C=C/C=C(/Nc1ccc(C)cc1C)C(/N=C(\C)C(C)=O)=C(C)C. The van der Waals surface area contributed by atoms with Crippen LogP contribution in [0.4, 0.5) is 5.69 Å². The Morgan fingerprint density at radius 1 is 1.17 bits per heavy atom. The van der Waals surface area contributed by atoms with Gasteiger partial charge in [-0.3, -0.25) is 4.79 Å². The number of benzene rings is 1. The molecule has 1 rings (SSSR count). The summed E-state index contributed by atoms with van der Waals surface area (Å²) in [5.74, 6) is -0.0341. The van der Waals surface area contributed by atoms with Crippen molar-refractivity contribution in [2.45, 2.75) is 41.5 Å². The van der Waals surface area contributed by atoms with Crippen molar-refractivity contribution in [1.82, 2.24) is 0 Å². The summed E-state index contributed by atoms with van der Waals surface area (Å²) in [6.45, 7) is 15.1. The van der Waals surface area contributed by atoms with Gasteiger partial charge in [-0.25, -0.2) is 4.99 Å². The third-order valence-corrected chi connectivity index (χ3v) is 3.45. The lowest BCUT2D eigenvalue weighted by Crippen LogP contribution is -2.09. The molecule has 0 aliphatic rings. The van der Waals surface area contributed by atoms with Crippen molar-refractivity contribution in [3.63, 3.8) is 0 Å². The van der Waals surface area contributed by atoms with E-state index < -0.39 is 0 Å². The quantitative estimate of drug-likeness (QED) is 0.584. The molecule has 0 aromatic heterocycles. The Bertz CT molecular complexity index is 702. The molecule has 0 unspecified atom stereocenters. The van der Waals surface area contributed by atoms with Crippen LogP contribution in [0.3, 0.4) is 0 Å². The van der Waals surface area contributed by atoms with Gasteiger partial charge in [0.15, 0.2) is 5.78 Å². The summed E-state index contributed by atoms with van der Waals surface area (Å²) in [4.78, 5) is 16.0. The average Bonchev–Trinajstić information content (AvgIpc) is 2.46. The van der Waals surface area contributed by atoms with E-state index in [9.17, 15) is 4.79 Å². The van der Waals surface area contributed by atoms with Gasteiger partial charge in [0.25, 0.3) is 0 Å². The van der Waals surface area contributed by atoms with Crippen LogP contribution in [0.5, 0.6) is 0 Å². The molecule has 0 fully saturated rings. The first-order valence-electron chi connectivity index (χ1n) is 7.67. The number of carbonyl (C=O) groups is 1. The monoisotopic (exact) mass is 310 g/mol. The molecule has 0 amide bonds. The number of rotatable bonds is 6. The smallest absolute Gasteiger partial charge is 0.173 e. The number of allylic oxidation sites excluding steroid dienone is 3. The van der Waals surface area contributed by atoms with Gasteiger partial charge in [0, 0.05) is 12.6 Å². The van der Waals surface area contributed by atoms with E-state index in [1.54, 1.807) is 13.0 Å². The van der Waals surface area contributed by atoms with E-state index in [1.165, 1.54) is 12.5 Å². The number of ketones is 1. The van der Waals surface area contributed by atoms with Gasteiger partial charge in [-0.1, -0.05) is 30.4 Å². The van der Waals surface area contributed by atoms with Crippen molar-refractivity contribution in [1.29, 1.82) is 0 Å². The molecule has 0 radical (unpaired) electrons. The molecule has 1 aromatic rings. The molecule has 122 valence electrons. The molecular formula is C20H26N2O. The lowest BCUT2D eigenvalue weighted by molar-refractivity contribution is -0.111. The number of nitrogens with one attached hydrogen (secondary N) is 1. The molecule has 1 N–H and O–H groups in total. The van der Waals surface area contributed by atoms with E-state index in [2.05, 4.69) is 42.9 Å². The van der Waals surface area contributed by atoms with Crippen LogP contribution in [-0.4, -0.2) is 11.5 Å². The first-order valence-corrected chi connectivity index (χ1v) is 7.67. The first kappa shape index (κ1) is 18.6. The van der Waals surface area contributed by atoms with E-state index in [1.807, 2.05) is 26.0 Å². The Balaban J connectivity index is 3.31. The summed E-state index contributed by atoms with van der Waals surface area (Å²) in [5.41, 5.74) is 6.48. The zero-order chi connectivity index (χ0) is 17.6. The van der Waals surface area contributed by atoms with Gasteiger partial charge in [-0.15, -0.1) is 0 Å². The molecule has 3 nitrogen and oxygen atoms in total. The van der Waals surface area contributed by atoms with E-state index in [-0.39, 0.29) is 5.78 Å². The van der Waals surface area contributed by atoms with Gasteiger partial charge in [-0.2, -0.15) is 0 Å². The molecular weight excluding hydrogens is 284 g/mol. The number of Topliss-reactive ketones (excluding diaryl/α,β-unsaturated/α-hetero) is 1. The lowest BCUT2D eigenvalue weighted by Gasteiger charge is -2.16. The van der Waals surface area contributed by atoms with Gasteiger partial charge < -0.3 is 5.32 Å². The Kier molecular flexibility index (Phi) is 6.70. The topological polar surface area (TPSA) is 41.5 Å². The van der Waals surface area contributed by atoms with E-state index in [0.717, 1.165) is 28.2 Å². The summed E-state index contributed by atoms with van der Waals surface area (Å²) < 4.78 is 0. The van der Waals surface area contributed by atoms with Crippen molar-refractivity contribution in [2.24, 2.45) is 4.99 Å². The van der Waals surface area contributed by atoms with Crippen LogP contribution >= 0.6 is 0 Å². The van der Waals surface area contributed by atoms with Gasteiger partial charge in [0.2, 0.25) is 0 Å². The van der Waals surface area contributed by atoms with Crippen LogP contribution in [0.1, 0.15) is 38.8 Å². The molecule has 1 aromatic carbocycles. The third kappa shape index (κ3) is 5.37. The second-order valence-corrected chi connectivity index (χ2v) is 5.86. The Labute approximate surface area is 139 Å². The van der Waals surface area contributed by atoms with Gasteiger partial charge >= 0.3 is 0 Å². The fourth-order valence-corrected chi connectivity index (χ4v) is 2.08. The second-order valence-electron chi connectivity index (χ2n) is 5.86. The summed E-state index contributed by atoms with van der Waals surface area (Å²) in [7, 11) is 0. The molecule has 0 saturated carbocycles. The number of hydrogen-bond donors (Lipinski definition) is 1. The van der Waals surface area contributed by atoms with E-state index >= 15 is 0 Å². The number of carbonyl (C=O) groups excluding carboxylic acids is 1. The second kappa shape index (κ2) is 8.28. The highest BCUT2D eigenvalue weighted by molar-refractivity contribution is 6.38. The number of aryl methyl sites for hydroxylation is 2. The molecule has 0 heterocycles. The average molecular weight is 310 g/mol. The predicted octanol–water partition coefficient (Wildman–Crippen LogP) is 5.13. The maximum atomic E-state index is 11.5. The van der Waals surface area contributed by atoms with Crippen molar-refractivity contribution in [3.8, 4) is 0 Å². The lowest BCUT2D eigenvalue weighted by atomic mass is 10.1. The fraction of sp³-hybridized carbons (Fsp3) is 0.300. The Hall–Kier alpha value is -2.42. The normalized spacial score (nSPS) is 11.9. The van der Waals surface area contributed by atoms with Crippen LogP contribution in [-0.2, 0) is 4.79 Å². The molecule has 0 aliphatic carbocycles. The minimum atomic E-state index is -0.0341. The minimum absolute atomic E-state index is 0.0341. The van der Waals surface area contributed by atoms with Crippen LogP contribution < -0.4 is 5.32 Å². The van der Waals surface area contributed by atoms with Gasteiger partial charge in [0.1, 0.15) is 0 Å². The van der Waals surface area contributed by atoms with Crippen molar-refractivity contribution < 1.29 is 4.79 Å². The highest BCUT2D eigenvalue weighted by Crippen LogP contribution is 2.23.